The first-order valence-corrected chi connectivity index (χ1v) is 11.4. The first-order chi connectivity index (χ1) is 15.7. The predicted octanol–water partition coefficient (Wildman–Crippen LogP) is 5.68. The molecule has 0 amide bonds. The molecule has 0 aliphatic heterocycles. The first-order valence-electron chi connectivity index (χ1n) is 10.5. The average molecular weight is 443 g/mol. The van der Waals surface area contributed by atoms with Gasteiger partial charge in [-0.2, -0.15) is 0 Å². The van der Waals surface area contributed by atoms with Crippen molar-refractivity contribution >= 4 is 28.4 Å². The molecule has 0 fully saturated rings. The maximum absolute atomic E-state index is 13.9. The van der Waals surface area contributed by atoms with E-state index < -0.39 is 5.25 Å². The number of furan rings is 1. The Balaban J connectivity index is 1.52. The van der Waals surface area contributed by atoms with Crippen molar-refractivity contribution in [3.8, 4) is 0 Å². The summed E-state index contributed by atoms with van der Waals surface area (Å²) in [5, 5.41) is 9.52. The van der Waals surface area contributed by atoms with Crippen molar-refractivity contribution in [2.75, 3.05) is 0 Å². The van der Waals surface area contributed by atoms with Crippen LogP contribution in [0.2, 0.25) is 0 Å². The Morgan fingerprint density at radius 2 is 2.00 bits per heavy atom. The van der Waals surface area contributed by atoms with E-state index in [0.717, 1.165) is 28.6 Å². The van der Waals surface area contributed by atoms with Crippen molar-refractivity contribution < 1.29 is 9.21 Å². The number of aromatic nitrogens is 4. The highest BCUT2D eigenvalue weighted by Gasteiger charge is 2.28. The van der Waals surface area contributed by atoms with E-state index in [0.29, 0.717) is 17.3 Å². The zero-order valence-electron chi connectivity index (χ0n) is 17.6. The molecule has 0 radical (unpaired) electrons. The van der Waals surface area contributed by atoms with Crippen molar-refractivity contribution in [3.05, 3.63) is 102 Å². The zero-order chi connectivity index (χ0) is 21.9. The lowest BCUT2D eigenvalue weighted by Crippen LogP contribution is -2.11. The van der Waals surface area contributed by atoms with Crippen LogP contribution in [0.5, 0.6) is 0 Å². The molecule has 3 heterocycles. The molecule has 0 aliphatic carbocycles. The summed E-state index contributed by atoms with van der Waals surface area (Å²) < 4.78 is 7.37. The van der Waals surface area contributed by atoms with Crippen molar-refractivity contribution in [3.63, 3.8) is 0 Å². The lowest BCUT2D eigenvalue weighted by molar-refractivity contribution is 0.0991. The number of hydrogen-bond donors (Lipinski definition) is 1. The summed E-state index contributed by atoms with van der Waals surface area (Å²) in [4.78, 5) is 17.2. The number of fused-ring (bicyclic) bond motifs is 1. The number of aryl methyl sites for hydroxylation is 1. The number of H-pyrrole nitrogens is 1. The third-order valence-electron chi connectivity index (χ3n) is 5.50. The number of aromatic amines is 1. The van der Waals surface area contributed by atoms with Crippen molar-refractivity contribution in [2.45, 2.75) is 30.3 Å². The number of ketones is 1. The molecule has 0 aliphatic rings. The van der Waals surface area contributed by atoms with Gasteiger partial charge in [0.2, 0.25) is 0 Å². The monoisotopic (exact) mass is 442 g/mol. The molecule has 160 valence electrons. The van der Waals surface area contributed by atoms with E-state index in [1.54, 1.807) is 12.6 Å². The lowest BCUT2D eigenvalue weighted by Gasteiger charge is -2.16. The minimum absolute atomic E-state index is 0.0354. The minimum Gasteiger partial charge on any atom is -0.467 e. The third-order valence-corrected chi connectivity index (χ3v) is 6.75. The van der Waals surface area contributed by atoms with E-state index in [2.05, 4.69) is 28.2 Å². The summed E-state index contributed by atoms with van der Waals surface area (Å²) >= 11 is 1.41. The van der Waals surface area contributed by atoms with E-state index in [4.69, 9.17) is 4.42 Å². The Bertz CT molecular complexity index is 1340. The molecule has 0 saturated heterocycles. The number of rotatable bonds is 8. The fraction of sp³-hybridized carbons (Fsp3) is 0.160. The Morgan fingerprint density at radius 3 is 2.78 bits per heavy atom. The molecule has 32 heavy (non-hydrogen) atoms. The average Bonchev–Trinajstić information content (AvgIpc) is 3.59. The molecule has 7 heteroatoms. The Labute approximate surface area is 189 Å². The molecule has 0 spiro atoms. The molecule has 0 unspecified atom stereocenters. The summed E-state index contributed by atoms with van der Waals surface area (Å²) in [6.07, 6.45) is 6.04. The number of thioether (sulfide) groups is 1. The second-order valence-corrected chi connectivity index (χ2v) is 8.56. The molecule has 5 rings (SSSR count). The van der Waals surface area contributed by atoms with Gasteiger partial charge in [-0.3, -0.25) is 4.79 Å². The first kappa shape index (κ1) is 20.3. The van der Waals surface area contributed by atoms with E-state index in [1.165, 1.54) is 17.3 Å². The second-order valence-electron chi connectivity index (χ2n) is 7.49. The highest BCUT2D eigenvalue weighted by molar-refractivity contribution is 8.00. The van der Waals surface area contributed by atoms with Crippen LogP contribution in [-0.2, 0) is 13.0 Å². The van der Waals surface area contributed by atoms with Gasteiger partial charge in [0.25, 0.3) is 0 Å². The topological polar surface area (TPSA) is 76.7 Å². The number of para-hydroxylation sites is 1. The number of benzene rings is 2. The number of Topliss-reactive ketones (excluding diaryl/α,β-unsaturated/α-hetero) is 1. The number of nitrogens with one attached hydrogen (secondary N) is 1. The van der Waals surface area contributed by atoms with E-state index in [1.807, 2.05) is 65.4 Å². The second kappa shape index (κ2) is 8.88. The normalized spacial score (nSPS) is 12.3. The maximum Gasteiger partial charge on any atom is 0.192 e. The Morgan fingerprint density at radius 1 is 1.12 bits per heavy atom. The summed E-state index contributed by atoms with van der Waals surface area (Å²) in [5.41, 5.74) is 3.84. The summed E-state index contributed by atoms with van der Waals surface area (Å²) in [6, 6.07) is 19.7. The number of nitrogens with zero attached hydrogens (tertiary/aromatic N) is 3. The van der Waals surface area contributed by atoms with Crippen molar-refractivity contribution in [2.24, 2.45) is 0 Å². The molecule has 1 N–H and O–H groups in total. The molecule has 6 nitrogen and oxygen atoms in total. The predicted molar refractivity (Wildman–Crippen MR) is 125 cm³/mol. The Hall–Kier alpha value is -3.58. The van der Waals surface area contributed by atoms with Gasteiger partial charge in [0, 0.05) is 22.7 Å². The molecule has 0 saturated carbocycles. The van der Waals surface area contributed by atoms with Gasteiger partial charge >= 0.3 is 0 Å². The fourth-order valence-corrected chi connectivity index (χ4v) is 4.96. The third kappa shape index (κ3) is 3.87. The number of carbonyl (C=O) groups excluding carboxylic acids is 1. The summed E-state index contributed by atoms with van der Waals surface area (Å²) in [6.45, 7) is 2.62. The van der Waals surface area contributed by atoms with Crippen molar-refractivity contribution in [1.82, 2.24) is 19.7 Å². The standard InChI is InChI=1S/C25H22N4O2S/c1-2-17-10-6-12-20-21(14-26-22(17)20)23(30)24(18-8-4-3-5-9-18)32-25-28-27-16-29(25)15-19-11-7-13-31-19/h3-14,16,24,26H,2,15H2,1H3/t24-/m1/s1. The smallest absolute Gasteiger partial charge is 0.192 e. The lowest BCUT2D eigenvalue weighted by atomic mass is 10.0. The molecule has 1 atom stereocenters. The fourth-order valence-electron chi connectivity index (χ4n) is 3.88. The molecule has 5 aromatic rings. The molecular weight excluding hydrogens is 420 g/mol. The van der Waals surface area contributed by atoms with Crippen LogP contribution in [0.1, 0.15) is 39.4 Å². The minimum atomic E-state index is -0.458. The van der Waals surface area contributed by atoms with E-state index >= 15 is 0 Å². The molecule has 3 aromatic heterocycles. The highest BCUT2D eigenvalue weighted by Crippen LogP contribution is 2.38. The quantitative estimate of drug-likeness (QED) is 0.247. The van der Waals surface area contributed by atoms with Crippen LogP contribution in [0.25, 0.3) is 10.9 Å². The van der Waals surface area contributed by atoms with E-state index in [9.17, 15) is 4.79 Å². The molecule has 2 aromatic carbocycles. The van der Waals surface area contributed by atoms with Crippen LogP contribution in [0.15, 0.2) is 89.0 Å². The van der Waals surface area contributed by atoms with Crippen LogP contribution in [0.4, 0.5) is 0 Å². The van der Waals surface area contributed by atoms with Gasteiger partial charge < -0.3 is 14.0 Å². The number of carbonyl (C=O) groups is 1. The molecule has 0 bridgehead atoms. The maximum atomic E-state index is 13.9. The molecular formula is C25H22N4O2S. The van der Waals surface area contributed by atoms with Crippen LogP contribution in [0, 0.1) is 0 Å². The van der Waals surface area contributed by atoms with Crippen LogP contribution in [0.3, 0.4) is 0 Å². The van der Waals surface area contributed by atoms with Crippen LogP contribution in [-0.4, -0.2) is 25.5 Å². The summed E-state index contributed by atoms with van der Waals surface area (Å²) in [7, 11) is 0. The van der Waals surface area contributed by atoms with Gasteiger partial charge in [-0.15, -0.1) is 10.2 Å². The van der Waals surface area contributed by atoms with Gasteiger partial charge in [0.05, 0.1) is 12.8 Å². The highest BCUT2D eigenvalue weighted by atomic mass is 32.2. The van der Waals surface area contributed by atoms with Gasteiger partial charge in [-0.1, -0.05) is 67.2 Å². The van der Waals surface area contributed by atoms with Gasteiger partial charge in [-0.25, -0.2) is 0 Å². The van der Waals surface area contributed by atoms with Gasteiger partial charge in [0.1, 0.15) is 17.3 Å². The van der Waals surface area contributed by atoms with Gasteiger partial charge in [-0.05, 0) is 29.7 Å². The van der Waals surface area contributed by atoms with Crippen LogP contribution < -0.4 is 0 Å². The zero-order valence-corrected chi connectivity index (χ0v) is 18.4. The van der Waals surface area contributed by atoms with E-state index in [-0.39, 0.29) is 5.78 Å². The largest absolute Gasteiger partial charge is 0.467 e. The van der Waals surface area contributed by atoms with Gasteiger partial charge in [0.15, 0.2) is 10.9 Å². The summed E-state index contributed by atoms with van der Waals surface area (Å²) in [5.74, 6) is 0.839. The van der Waals surface area contributed by atoms with Crippen molar-refractivity contribution in [1.29, 1.82) is 0 Å². The number of hydrogen-bond acceptors (Lipinski definition) is 5. The van der Waals surface area contributed by atoms with Crippen LogP contribution >= 0.6 is 11.8 Å². The SMILES string of the molecule is CCc1cccc2c(C(=O)[C@H](Sc3nncn3Cc3ccco3)c3ccccc3)c[nH]c12. The Kier molecular flexibility index (Phi) is 5.64.